The maximum absolute atomic E-state index is 11.9. The van der Waals surface area contributed by atoms with Crippen LogP contribution < -0.4 is 5.32 Å². The van der Waals surface area contributed by atoms with E-state index in [1.54, 1.807) is 0 Å². The Labute approximate surface area is 156 Å². The molecule has 0 aromatic heterocycles. The van der Waals surface area contributed by atoms with Gasteiger partial charge in [0.25, 0.3) is 5.91 Å². The topological polar surface area (TPSA) is 55.4 Å². The summed E-state index contributed by atoms with van der Waals surface area (Å²) in [5.41, 5.74) is 1.10. The molecular weight excluding hydrogens is 390 g/mol. The first kappa shape index (κ1) is 19.3. The molecule has 6 heteroatoms. The number of benzene rings is 1. The van der Waals surface area contributed by atoms with Gasteiger partial charge in [0.05, 0.1) is 5.75 Å². The van der Waals surface area contributed by atoms with E-state index in [9.17, 15) is 9.59 Å². The molecule has 1 amide bonds. The molecule has 1 aromatic rings. The van der Waals surface area contributed by atoms with E-state index in [4.69, 9.17) is 4.74 Å². The lowest BCUT2D eigenvalue weighted by Crippen LogP contribution is -2.43. The summed E-state index contributed by atoms with van der Waals surface area (Å²) in [5, 5.41) is 2.98. The summed E-state index contributed by atoms with van der Waals surface area (Å²) in [6, 6.07) is 6.13. The summed E-state index contributed by atoms with van der Waals surface area (Å²) in [6.45, 7) is 3.96. The van der Waals surface area contributed by atoms with Crippen molar-refractivity contribution in [2.75, 3.05) is 12.4 Å². The highest BCUT2D eigenvalue weighted by atomic mass is 79.9. The zero-order valence-electron chi connectivity index (χ0n) is 14.1. The largest absolute Gasteiger partial charge is 0.455 e. The van der Waals surface area contributed by atoms with Crippen molar-refractivity contribution in [1.29, 1.82) is 0 Å². The van der Waals surface area contributed by atoms with Gasteiger partial charge in [0.2, 0.25) is 0 Å². The summed E-state index contributed by atoms with van der Waals surface area (Å²) >= 11 is 4.84. The van der Waals surface area contributed by atoms with Gasteiger partial charge in [-0.05, 0) is 49.4 Å². The third-order valence-corrected chi connectivity index (χ3v) is 5.95. The van der Waals surface area contributed by atoms with Gasteiger partial charge in [-0.1, -0.05) is 35.7 Å². The Morgan fingerprint density at radius 1 is 1.33 bits per heavy atom. The van der Waals surface area contributed by atoms with Gasteiger partial charge in [-0.2, -0.15) is 0 Å². The fraction of sp³-hybridized carbons (Fsp3) is 0.556. The van der Waals surface area contributed by atoms with Crippen molar-refractivity contribution in [2.45, 2.75) is 50.5 Å². The van der Waals surface area contributed by atoms with Crippen LogP contribution in [0.4, 0.5) is 0 Å². The van der Waals surface area contributed by atoms with Crippen molar-refractivity contribution in [3.63, 3.8) is 0 Å². The zero-order valence-corrected chi connectivity index (χ0v) is 16.5. The van der Waals surface area contributed by atoms with E-state index in [0.717, 1.165) is 34.2 Å². The Hall–Kier alpha value is -1.01. The Morgan fingerprint density at radius 2 is 2.08 bits per heavy atom. The normalized spacial score (nSPS) is 20.5. The summed E-state index contributed by atoms with van der Waals surface area (Å²) in [5.74, 6) is 0.130. The molecule has 1 fully saturated rings. The lowest BCUT2D eigenvalue weighted by Gasteiger charge is -2.29. The first-order chi connectivity index (χ1) is 11.5. The van der Waals surface area contributed by atoms with Gasteiger partial charge in [0, 0.05) is 15.4 Å². The predicted octanol–water partition coefficient (Wildman–Crippen LogP) is 4.09. The maximum Gasteiger partial charge on any atom is 0.316 e. The van der Waals surface area contributed by atoms with Crippen molar-refractivity contribution < 1.29 is 14.3 Å². The van der Waals surface area contributed by atoms with E-state index in [1.807, 2.05) is 25.1 Å². The first-order valence-corrected chi connectivity index (χ1v) is 10.1. The smallest absolute Gasteiger partial charge is 0.316 e. The number of amides is 1. The Bertz CT molecular complexity index is 594. The van der Waals surface area contributed by atoms with Gasteiger partial charge in [-0.25, -0.2) is 0 Å². The quantitative estimate of drug-likeness (QED) is 0.563. The molecule has 1 aliphatic rings. The number of carbonyl (C=O) groups is 2. The molecular formula is C18H24BrNO3S. The minimum Gasteiger partial charge on any atom is -0.455 e. The molecule has 1 N–H and O–H groups in total. The molecule has 2 atom stereocenters. The Balaban J connectivity index is 1.69. The highest BCUT2D eigenvalue weighted by Crippen LogP contribution is 2.25. The van der Waals surface area contributed by atoms with Crippen molar-refractivity contribution in [2.24, 2.45) is 5.92 Å². The van der Waals surface area contributed by atoms with Gasteiger partial charge < -0.3 is 10.1 Å². The molecule has 0 heterocycles. The molecule has 132 valence electrons. The van der Waals surface area contributed by atoms with Gasteiger partial charge in [0.1, 0.15) is 0 Å². The van der Waals surface area contributed by atoms with E-state index in [1.165, 1.54) is 18.2 Å². The van der Waals surface area contributed by atoms with Crippen LogP contribution in [0.1, 0.15) is 38.2 Å². The standard InChI is InChI=1S/C18H24BrNO3S/c1-12-5-3-4-6-15(12)20-17(21)10-23-18(22)11-24-16-8-7-14(19)9-13(16)2/h7-9,12,15H,3-6,10-11H2,1-2H3,(H,20,21)/t12-,15-/m0/s1. The maximum atomic E-state index is 11.9. The molecule has 0 saturated heterocycles. The van der Waals surface area contributed by atoms with Crippen LogP contribution in [0.2, 0.25) is 0 Å². The predicted molar refractivity (Wildman–Crippen MR) is 100 cm³/mol. The van der Waals surface area contributed by atoms with E-state index < -0.39 is 0 Å². The SMILES string of the molecule is Cc1cc(Br)ccc1SCC(=O)OCC(=O)N[C@H]1CCCC[C@@H]1C. The van der Waals surface area contributed by atoms with E-state index >= 15 is 0 Å². The van der Waals surface area contributed by atoms with Gasteiger partial charge in [-0.15, -0.1) is 11.8 Å². The second kappa shape index (κ2) is 9.47. The summed E-state index contributed by atoms with van der Waals surface area (Å²) in [4.78, 5) is 24.8. The van der Waals surface area contributed by atoms with E-state index in [2.05, 4.69) is 28.2 Å². The lowest BCUT2D eigenvalue weighted by molar-refractivity contribution is -0.146. The minimum absolute atomic E-state index is 0.193. The second-order valence-corrected chi connectivity index (χ2v) is 8.23. The van der Waals surface area contributed by atoms with Crippen LogP contribution in [0.5, 0.6) is 0 Å². The number of ether oxygens (including phenoxy) is 1. The van der Waals surface area contributed by atoms with Crippen LogP contribution in [0.3, 0.4) is 0 Å². The van der Waals surface area contributed by atoms with Gasteiger partial charge >= 0.3 is 5.97 Å². The fourth-order valence-corrected chi connectivity index (χ4v) is 4.16. The summed E-state index contributed by atoms with van der Waals surface area (Å²) in [6.07, 6.45) is 4.54. The Kier molecular flexibility index (Phi) is 7.62. The molecule has 0 aliphatic heterocycles. The zero-order chi connectivity index (χ0) is 17.5. The fourth-order valence-electron chi connectivity index (χ4n) is 2.88. The van der Waals surface area contributed by atoms with Crippen LogP contribution in [0.25, 0.3) is 0 Å². The molecule has 1 aliphatic carbocycles. The average Bonchev–Trinajstić information content (AvgIpc) is 2.54. The minimum atomic E-state index is -0.367. The van der Waals surface area contributed by atoms with Crippen LogP contribution in [0, 0.1) is 12.8 Å². The molecule has 0 bridgehead atoms. The monoisotopic (exact) mass is 413 g/mol. The molecule has 0 spiro atoms. The third kappa shape index (κ3) is 6.13. The molecule has 1 saturated carbocycles. The van der Waals surface area contributed by atoms with Crippen molar-refractivity contribution in [1.82, 2.24) is 5.32 Å². The lowest BCUT2D eigenvalue weighted by atomic mass is 9.86. The Morgan fingerprint density at radius 3 is 2.79 bits per heavy atom. The molecule has 4 nitrogen and oxygen atoms in total. The van der Waals surface area contributed by atoms with Gasteiger partial charge in [0.15, 0.2) is 6.61 Å². The highest BCUT2D eigenvalue weighted by molar-refractivity contribution is 9.10. The number of carbonyl (C=O) groups excluding carboxylic acids is 2. The van der Waals surface area contributed by atoms with Crippen molar-refractivity contribution in [3.8, 4) is 0 Å². The first-order valence-electron chi connectivity index (χ1n) is 8.29. The highest BCUT2D eigenvalue weighted by Gasteiger charge is 2.23. The summed E-state index contributed by atoms with van der Waals surface area (Å²) < 4.78 is 6.10. The number of halogens is 1. The van der Waals surface area contributed by atoms with Crippen LogP contribution in [-0.4, -0.2) is 30.3 Å². The number of nitrogens with one attached hydrogen (secondary N) is 1. The number of rotatable bonds is 6. The molecule has 0 radical (unpaired) electrons. The van der Waals surface area contributed by atoms with Crippen molar-refractivity contribution >= 4 is 39.6 Å². The van der Waals surface area contributed by atoms with E-state index in [0.29, 0.717) is 5.92 Å². The number of thioether (sulfide) groups is 1. The van der Waals surface area contributed by atoms with Crippen LogP contribution in [0.15, 0.2) is 27.6 Å². The molecule has 2 rings (SSSR count). The second-order valence-electron chi connectivity index (χ2n) is 6.29. The summed E-state index contributed by atoms with van der Waals surface area (Å²) in [7, 11) is 0. The van der Waals surface area contributed by atoms with E-state index in [-0.39, 0.29) is 30.3 Å². The number of hydrogen-bond acceptors (Lipinski definition) is 4. The van der Waals surface area contributed by atoms with Gasteiger partial charge in [-0.3, -0.25) is 9.59 Å². The van der Waals surface area contributed by atoms with Crippen LogP contribution in [-0.2, 0) is 14.3 Å². The molecule has 0 unspecified atom stereocenters. The number of aryl methyl sites for hydroxylation is 1. The number of hydrogen-bond donors (Lipinski definition) is 1. The number of esters is 1. The average molecular weight is 414 g/mol. The molecule has 24 heavy (non-hydrogen) atoms. The van der Waals surface area contributed by atoms with Crippen LogP contribution >= 0.6 is 27.7 Å². The third-order valence-electron chi connectivity index (χ3n) is 4.30. The molecule has 1 aromatic carbocycles. The van der Waals surface area contributed by atoms with Crippen molar-refractivity contribution in [3.05, 3.63) is 28.2 Å².